The number of rotatable bonds is 8. The van der Waals surface area contributed by atoms with Gasteiger partial charge in [0.1, 0.15) is 5.82 Å². The van der Waals surface area contributed by atoms with E-state index in [0.717, 1.165) is 24.6 Å². The Kier molecular flexibility index (Phi) is 7.38. The second-order valence-electron chi connectivity index (χ2n) is 7.30. The highest BCUT2D eigenvalue weighted by Gasteiger charge is 2.29. The third kappa shape index (κ3) is 5.75. The van der Waals surface area contributed by atoms with Crippen LogP contribution in [0.25, 0.3) is 11.5 Å². The summed E-state index contributed by atoms with van der Waals surface area (Å²) in [5.74, 6) is -0.805. The van der Waals surface area contributed by atoms with E-state index in [0.29, 0.717) is 23.7 Å². The van der Waals surface area contributed by atoms with Gasteiger partial charge in [0.2, 0.25) is 31.8 Å². The van der Waals surface area contributed by atoms with E-state index in [9.17, 15) is 17.6 Å². The second kappa shape index (κ2) is 10.3. The van der Waals surface area contributed by atoms with E-state index in [-0.39, 0.29) is 38.7 Å². The van der Waals surface area contributed by atoms with Crippen molar-refractivity contribution < 1.29 is 26.8 Å². The average Bonchev–Trinajstić information content (AvgIpc) is 3.47. The quantitative estimate of drug-likeness (QED) is 0.450. The molecule has 33 heavy (non-hydrogen) atoms. The highest BCUT2D eigenvalue weighted by atomic mass is 35.5. The van der Waals surface area contributed by atoms with Crippen molar-refractivity contribution in [2.75, 3.05) is 18.9 Å². The van der Waals surface area contributed by atoms with E-state index in [4.69, 9.17) is 20.8 Å². The van der Waals surface area contributed by atoms with Crippen LogP contribution in [0.5, 0.6) is 0 Å². The minimum absolute atomic E-state index is 0.00445. The molecular formula is C22H20ClFN2O5S2. The Labute approximate surface area is 199 Å². The molecule has 3 aromatic rings. The fourth-order valence-corrected chi connectivity index (χ4v) is 5.69. The number of thioether (sulfide) groups is 1. The lowest BCUT2D eigenvalue weighted by atomic mass is 10.2. The topological polar surface area (TPSA) is 98.5 Å². The zero-order valence-corrected chi connectivity index (χ0v) is 19.7. The number of benzene rings is 2. The van der Waals surface area contributed by atoms with Crippen molar-refractivity contribution in [3.63, 3.8) is 0 Å². The maximum Gasteiger partial charge on any atom is 0.230 e. The predicted molar refractivity (Wildman–Crippen MR) is 122 cm³/mol. The van der Waals surface area contributed by atoms with Gasteiger partial charge in [-0.05, 0) is 61.4 Å². The summed E-state index contributed by atoms with van der Waals surface area (Å²) in [5.41, 5.74) is 0.402. The van der Waals surface area contributed by atoms with Crippen LogP contribution in [0.4, 0.5) is 4.39 Å². The van der Waals surface area contributed by atoms with E-state index < -0.39 is 15.7 Å². The maximum atomic E-state index is 13.3. The van der Waals surface area contributed by atoms with Crippen LogP contribution < -0.4 is 5.32 Å². The molecule has 7 nitrogen and oxygen atoms in total. The van der Waals surface area contributed by atoms with E-state index in [1.54, 1.807) is 0 Å². The molecule has 1 aromatic heterocycles. The largest absolute Gasteiger partial charge is 0.428 e. The fraction of sp³-hybridized carbons (Fsp3) is 0.273. The number of hydrogen-bond acceptors (Lipinski definition) is 7. The molecule has 0 unspecified atom stereocenters. The number of ether oxygens (including phenoxy) is 1. The molecule has 1 amide bonds. The van der Waals surface area contributed by atoms with Crippen molar-refractivity contribution >= 4 is 39.1 Å². The standard InChI is InChI=1S/C22H20ClFN2O5S2/c23-15-5-9-18(10-6-15)33(28,29)21-22(31-20(26-21)14-3-7-16(24)8-4-14)32-13-19(27)25-12-17-2-1-11-30-17/h3-10,17H,1-2,11-13H2,(H,25,27)/t17-/m1/s1. The van der Waals surface area contributed by atoms with E-state index in [1.165, 1.54) is 48.5 Å². The third-order valence-electron chi connectivity index (χ3n) is 4.92. The summed E-state index contributed by atoms with van der Waals surface area (Å²) in [4.78, 5) is 16.5. The Morgan fingerprint density at radius 1 is 1.18 bits per heavy atom. The van der Waals surface area contributed by atoms with Gasteiger partial charge in [0, 0.05) is 23.7 Å². The van der Waals surface area contributed by atoms with Gasteiger partial charge in [0.15, 0.2) is 0 Å². The molecule has 0 spiro atoms. The molecule has 2 heterocycles. The molecule has 0 bridgehead atoms. The van der Waals surface area contributed by atoms with Crippen molar-refractivity contribution in [2.24, 2.45) is 0 Å². The first-order chi connectivity index (χ1) is 15.8. The number of amides is 1. The Balaban J connectivity index is 1.59. The minimum Gasteiger partial charge on any atom is -0.428 e. The van der Waals surface area contributed by atoms with Crippen molar-refractivity contribution in [3.8, 4) is 11.5 Å². The molecule has 1 aliphatic rings. The first-order valence-electron chi connectivity index (χ1n) is 10.1. The molecule has 1 aliphatic heterocycles. The highest BCUT2D eigenvalue weighted by molar-refractivity contribution is 8.00. The van der Waals surface area contributed by atoms with Crippen LogP contribution in [0, 0.1) is 5.82 Å². The summed E-state index contributed by atoms with van der Waals surface area (Å²) < 4.78 is 51.0. The number of nitrogens with one attached hydrogen (secondary N) is 1. The molecule has 0 radical (unpaired) electrons. The number of sulfone groups is 1. The molecule has 11 heteroatoms. The van der Waals surface area contributed by atoms with E-state index >= 15 is 0 Å². The first kappa shape index (κ1) is 23.7. The Morgan fingerprint density at radius 3 is 2.58 bits per heavy atom. The van der Waals surface area contributed by atoms with Crippen molar-refractivity contribution in [1.82, 2.24) is 10.3 Å². The Hall–Kier alpha value is -2.40. The normalized spacial score (nSPS) is 16.1. The van der Waals surface area contributed by atoms with Gasteiger partial charge in [-0.3, -0.25) is 4.79 Å². The Bertz CT molecular complexity index is 1220. The zero-order valence-electron chi connectivity index (χ0n) is 17.3. The van der Waals surface area contributed by atoms with Crippen LogP contribution in [0.3, 0.4) is 0 Å². The SMILES string of the molecule is O=C(CSc1oc(-c2ccc(F)cc2)nc1S(=O)(=O)c1ccc(Cl)cc1)NC[C@H]1CCCO1. The molecule has 0 aliphatic carbocycles. The summed E-state index contributed by atoms with van der Waals surface area (Å²) in [6.45, 7) is 1.08. The molecule has 0 saturated carbocycles. The molecule has 4 rings (SSSR count). The molecule has 1 N–H and O–H groups in total. The van der Waals surface area contributed by atoms with Gasteiger partial charge < -0.3 is 14.5 Å². The number of hydrogen-bond donors (Lipinski definition) is 1. The number of nitrogens with zero attached hydrogens (tertiary/aromatic N) is 1. The summed E-state index contributed by atoms with van der Waals surface area (Å²) in [6.07, 6.45) is 1.85. The molecular weight excluding hydrogens is 491 g/mol. The van der Waals surface area contributed by atoms with Gasteiger partial charge in [-0.1, -0.05) is 23.4 Å². The van der Waals surface area contributed by atoms with Gasteiger partial charge in [-0.25, -0.2) is 12.8 Å². The van der Waals surface area contributed by atoms with Gasteiger partial charge in [-0.15, -0.1) is 0 Å². The van der Waals surface area contributed by atoms with Crippen molar-refractivity contribution in [3.05, 3.63) is 59.4 Å². The monoisotopic (exact) mass is 510 g/mol. The van der Waals surface area contributed by atoms with Crippen molar-refractivity contribution in [1.29, 1.82) is 0 Å². The highest BCUT2D eigenvalue weighted by Crippen LogP contribution is 2.35. The van der Waals surface area contributed by atoms with Gasteiger partial charge >= 0.3 is 0 Å². The lowest BCUT2D eigenvalue weighted by Gasteiger charge is -2.10. The second-order valence-corrected chi connectivity index (χ2v) is 10.6. The summed E-state index contributed by atoms with van der Waals surface area (Å²) in [6, 6.07) is 11.0. The van der Waals surface area contributed by atoms with Gasteiger partial charge in [-0.2, -0.15) is 4.98 Å². The lowest BCUT2D eigenvalue weighted by molar-refractivity contribution is -0.119. The van der Waals surface area contributed by atoms with Gasteiger partial charge in [0.25, 0.3) is 0 Å². The van der Waals surface area contributed by atoms with Crippen LogP contribution in [0.2, 0.25) is 5.02 Å². The van der Waals surface area contributed by atoms with Crippen molar-refractivity contribution in [2.45, 2.75) is 34.0 Å². The van der Waals surface area contributed by atoms with Crippen LogP contribution in [0.15, 0.2) is 68.0 Å². The van der Waals surface area contributed by atoms with Crippen LogP contribution in [0.1, 0.15) is 12.8 Å². The molecule has 2 aromatic carbocycles. The molecule has 1 atom stereocenters. The number of carbonyl (C=O) groups is 1. The fourth-order valence-electron chi connectivity index (χ4n) is 3.21. The van der Waals surface area contributed by atoms with Crippen LogP contribution in [-0.4, -0.2) is 44.3 Å². The minimum atomic E-state index is -4.07. The smallest absolute Gasteiger partial charge is 0.230 e. The summed E-state index contributed by atoms with van der Waals surface area (Å²) >= 11 is 6.80. The molecule has 1 fully saturated rings. The summed E-state index contributed by atoms with van der Waals surface area (Å²) in [5, 5.41) is 2.82. The van der Waals surface area contributed by atoms with Crippen LogP contribution in [-0.2, 0) is 19.4 Å². The van der Waals surface area contributed by atoms with E-state index in [1.807, 2.05) is 0 Å². The average molecular weight is 511 g/mol. The molecule has 1 saturated heterocycles. The number of halogens is 2. The third-order valence-corrected chi connectivity index (χ3v) is 7.93. The maximum absolute atomic E-state index is 13.3. The number of aromatic nitrogens is 1. The first-order valence-corrected chi connectivity index (χ1v) is 13.0. The Morgan fingerprint density at radius 2 is 1.91 bits per heavy atom. The van der Waals surface area contributed by atoms with Crippen LogP contribution >= 0.6 is 23.4 Å². The molecule has 174 valence electrons. The summed E-state index contributed by atoms with van der Waals surface area (Å²) in [7, 11) is -4.07. The zero-order chi connectivity index (χ0) is 23.4. The van der Waals surface area contributed by atoms with Gasteiger partial charge in [0.05, 0.1) is 16.8 Å². The number of carbonyl (C=O) groups excluding carboxylic acids is 1. The lowest BCUT2D eigenvalue weighted by Crippen LogP contribution is -2.32. The number of oxazole rings is 1. The van der Waals surface area contributed by atoms with E-state index in [2.05, 4.69) is 10.3 Å². The predicted octanol–water partition coefficient (Wildman–Crippen LogP) is 4.35.